The second-order valence-electron chi connectivity index (χ2n) is 7.69. The fraction of sp³-hybridized carbons (Fsp3) is 0.455. The number of aryl methyl sites for hydroxylation is 2. The van der Waals surface area contributed by atoms with Crippen molar-refractivity contribution < 1.29 is 28.5 Å². The van der Waals surface area contributed by atoms with E-state index in [4.69, 9.17) is 9.47 Å². The first-order valence-corrected chi connectivity index (χ1v) is 9.96. The Morgan fingerprint density at radius 1 is 0.833 bits per heavy atom. The van der Waals surface area contributed by atoms with Gasteiger partial charge < -0.3 is 25.0 Å². The molecule has 30 heavy (non-hydrogen) atoms. The van der Waals surface area contributed by atoms with Gasteiger partial charge in [-0.05, 0) is 73.2 Å². The van der Waals surface area contributed by atoms with Crippen LogP contribution in [-0.2, 0) is 12.8 Å². The summed E-state index contributed by atoms with van der Waals surface area (Å²) in [4.78, 5) is 0. The first kappa shape index (κ1) is 22.7. The number of fused-ring (bicyclic) bond motifs is 2. The van der Waals surface area contributed by atoms with Gasteiger partial charge >= 0.3 is 0 Å². The highest BCUT2D eigenvalue weighted by molar-refractivity contribution is 5.85. The Morgan fingerprint density at radius 2 is 1.27 bits per heavy atom. The summed E-state index contributed by atoms with van der Waals surface area (Å²) in [5, 5.41) is 23.9. The van der Waals surface area contributed by atoms with Crippen LogP contribution in [-0.4, -0.2) is 47.7 Å². The van der Waals surface area contributed by atoms with Crippen LogP contribution in [0.3, 0.4) is 0 Å². The zero-order valence-corrected chi connectivity index (χ0v) is 17.2. The molecular formula is C22H26ClF2NO4. The average molecular weight is 442 g/mol. The number of aliphatic hydroxyl groups is 2. The Labute approximate surface area is 180 Å². The van der Waals surface area contributed by atoms with Crippen LogP contribution in [0.4, 0.5) is 8.78 Å². The van der Waals surface area contributed by atoms with E-state index in [1.807, 2.05) is 0 Å². The van der Waals surface area contributed by atoms with Crippen molar-refractivity contribution in [1.82, 2.24) is 5.32 Å². The summed E-state index contributed by atoms with van der Waals surface area (Å²) in [5.74, 6) is 0.624. The molecule has 2 aromatic rings. The molecule has 0 fully saturated rings. The van der Waals surface area contributed by atoms with E-state index >= 15 is 0 Å². The van der Waals surface area contributed by atoms with Crippen LogP contribution < -0.4 is 14.8 Å². The van der Waals surface area contributed by atoms with Crippen LogP contribution in [0.2, 0.25) is 0 Å². The molecule has 164 valence electrons. The minimum Gasteiger partial charge on any atom is -0.487 e. The van der Waals surface area contributed by atoms with E-state index in [9.17, 15) is 19.0 Å². The smallest absolute Gasteiger partial charge is 0.126 e. The normalized spacial score (nSPS) is 21.9. The van der Waals surface area contributed by atoms with Gasteiger partial charge in [0.15, 0.2) is 0 Å². The third-order valence-corrected chi connectivity index (χ3v) is 5.56. The summed E-state index contributed by atoms with van der Waals surface area (Å²) in [6, 6.07) is 8.79. The number of nitrogens with one attached hydrogen (secondary N) is 1. The summed E-state index contributed by atoms with van der Waals surface area (Å²) in [7, 11) is 0. The average Bonchev–Trinajstić information content (AvgIpc) is 2.72. The maximum absolute atomic E-state index is 13.3. The second kappa shape index (κ2) is 9.92. The quantitative estimate of drug-likeness (QED) is 0.643. The molecule has 4 rings (SSSR count). The first-order chi connectivity index (χ1) is 14.0. The summed E-state index contributed by atoms with van der Waals surface area (Å²) in [6.45, 7) is 0.513. The lowest BCUT2D eigenvalue weighted by molar-refractivity contribution is 0.00892. The Bertz CT molecular complexity index is 800. The summed E-state index contributed by atoms with van der Waals surface area (Å²) in [5.41, 5.74) is 1.62. The molecule has 2 aromatic carbocycles. The van der Waals surface area contributed by atoms with Gasteiger partial charge in [0, 0.05) is 13.1 Å². The highest BCUT2D eigenvalue weighted by Gasteiger charge is 2.29. The van der Waals surface area contributed by atoms with Crippen LogP contribution in [0.25, 0.3) is 0 Å². The lowest BCUT2D eigenvalue weighted by Gasteiger charge is -2.31. The SMILES string of the molecule is Cl.OC(CNCC(O)[C@H]1CCc2cc(F)ccc2O1)[C@@H]1CCc2cc(F)ccc2O1. The summed E-state index contributed by atoms with van der Waals surface area (Å²) >= 11 is 0. The van der Waals surface area contributed by atoms with Crippen molar-refractivity contribution in [2.75, 3.05) is 13.1 Å². The highest BCUT2D eigenvalue weighted by Crippen LogP contribution is 2.30. The highest BCUT2D eigenvalue weighted by atomic mass is 35.5. The Kier molecular flexibility index (Phi) is 7.52. The maximum atomic E-state index is 13.3. The third kappa shape index (κ3) is 5.21. The number of ether oxygens (including phenoxy) is 2. The number of aliphatic hydroxyl groups excluding tert-OH is 2. The van der Waals surface area contributed by atoms with Gasteiger partial charge in [0.25, 0.3) is 0 Å². The van der Waals surface area contributed by atoms with E-state index in [1.54, 1.807) is 12.1 Å². The van der Waals surface area contributed by atoms with E-state index in [0.29, 0.717) is 37.2 Å². The molecule has 2 aliphatic heterocycles. The standard InChI is InChI=1S/C22H25F2NO4.ClH/c23-15-3-7-19-13(9-15)1-5-21(28-19)17(26)11-25-12-18(27)22-6-2-14-10-16(24)4-8-20(14)29-22;/h3-4,7-10,17-18,21-22,25-27H,1-2,5-6,11-12H2;1H/t17?,18?,21-,22+;. The molecule has 0 saturated heterocycles. The largest absolute Gasteiger partial charge is 0.487 e. The zero-order valence-electron chi connectivity index (χ0n) is 16.4. The molecule has 2 unspecified atom stereocenters. The number of rotatable bonds is 6. The van der Waals surface area contributed by atoms with Gasteiger partial charge in [-0.2, -0.15) is 0 Å². The Hall–Kier alpha value is -1.93. The molecule has 2 aliphatic rings. The van der Waals surface area contributed by atoms with Crippen molar-refractivity contribution in [1.29, 1.82) is 0 Å². The van der Waals surface area contributed by atoms with Crippen molar-refractivity contribution in [2.24, 2.45) is 0 Å². The lowest BCUT2D eigenvalue weighted by atomic mass is 9.98. The molecule has 0 amide bonds. The number of hydrogen-bond donors (Lipinski definition) is 3. The van der Waals surface area contributed by atoms with Crippen LogP contribution in [0.1, 0.15) is 24.0 Å². The van der Waals surface area contributed by atoms with Gasteiger partial charge in [0.2, 0.25) is 0 Å². The van der Waals surface area contributed by atoms with Crippen molar-refractivity contribution in [3.63, 3.8) is 0 Å². The number of hydrogen-bond acceptors (Lipinski definition) is 5. The van der Waals surface area contributed by atoms with Gasteiger partial charge in [-0.15, -0.1) is 12.4 Å². The monoisotopic (exact) mass is 441 g/mol. The molecule has 0 radical (unpaired) electrons. The Morgan fingerprint density at radius 3 is 1.70 bits per heavy atom. The molecule has 0 saturated carbocycles. The maximum Gasteiger partial charge on any atom is 0.126 e. The third-order valence-electron chi connectivity index (χ3n) is 5.56. The van der Waals surface area contributed by atoms with Crippen molar-refractivity contribution >= 4 is 12.4 Å². The van der Waals surface area contributed by atoms with Crippen LogP contribution in [0, 0.1) is 11.6 Å². The topological polar surface area (TPSA) is 71.0 Å². The van der Waals surface area contributed by atoms with Crippen molar-refractivity contribution in [3.05, 3.63) is 59.2 Å². The van der Waals surface area contributed by atoms with Crippen molar-refractivity contribution in [2.45, 2.75) is 50.1 Å². The molecule has 2 heterocycles. The van der Waals surface area contributed by atoms with Gasteiger partial charge in [-0.1, -0.05) is 0 Å². The molecule has 8 heteroatoms. The molecule has 0 spiro atoms. The van der Waals surface area contributed by atoms with Gasteiger partial charge in [0.1, 0.15) is 47.5 Å². The summed E-state index contributed by atoms with van der Waals surface area (Å²) < 4.78 is 38.2. The van der Waals surface area contributed by atoms with E-state index in [1.165, 1.54) is 24.3 Å². The molecule has 4 atom stereocenters. The predicted molar refractivity (Wildman–Crippen MR) is 110 cm³/mol. The fourth-order valence-electron chi connectivity index (χ4n) is 3.94. The van der Waals surface area contributed by atoms with Crippen LogP contribution >= 0.6 is 12.4 Å². The number of halogens is 3. The van der Waals surface area contributed by atoms with Crippen molar-refractivity contribution in [3.8, 4) is 11.5 Å². The summed E-state index contributed by atoms with van der Waals surface area (Å²) in [6.07, 6.45) is 0.214. The number of benzene rings is 2. The molecule has 3 N–H and O–H groups in total. The van der Waals surface area contributed by atoms with E-state index < -0.39 is 12.2 Å². The minimum absolute atomic E-state index is 0. The van der Waals surface area contributed by atoms with Crippen LogP contribution in [0.15, 0.2) is 36.4 Å². The zero-order chi connectivity index (χ0) is 20.4. The molecule has 0 bridgehead atoms. The van der Waals surface area contributed by atoms with Gasteiger partial charge in [-0.3, -0.25) is 0 Å². The van der Waals surface area contributed by atoms with E-state index in [-0.39, 0.29) is 49.3 Å². The predicted octanol–water partition coefficient (Wildman–Crippen LogP) is 2.79. The van der Waals surface area contributed by atoms with Gasteiger partial charge in [-0.25, -0.2) is 8.78 Å². The second-order valence-corrected chi connectivity index (χ2v) is 7.69. The van der Waals surface area contributed by atoms with E-state index in [2.05, 4.69) is 5.32 Å². The fourth-order valence-corrected chi connectivity index (χ4v) is 3.94. The first-order valence-electron chi connectivity index (χ1n) is 9.96. The molecular weight excluding hydrogens is 416 g/mol. The Balaban J connectivity index is 0.00000256. The molecule has 0 aliphatic carbocycles. The van der Waals surface area contributed by atoms with Gasteiger partial charge in [0.05, 0.1) is 0 Å². The van der Waals surface area contributed by atoms with Crippen LogP contribution in [0.5, 0.6) is 11.5 Å². The van der Waals surface area contributed by atoms with E-state index in [0.717, 1.165) is 11.1 Å². The molecule has 5 nitrogen and oxygen atoms in total. The molecule has 0 aromatic heterocycles. The lowest BCUT2D eigenvalue weighted by Crippen LogP contribution is -2.46. The minimum atomic E-state index is -0.753.